The standard InChI is InChI=1S/C12H14BrFN2O2/c1-8(17)15-3-2-4-16-12(18)9-5-10(13)7-11(14)6-9/h5-7H,2-4H2,1H3,(H,15,17)(H,16,18). The second kappa shape index (κ2) is 7.10. The first kappa shape index (κ1) is 14.6. The summed E-state index contributed by atoms with van der Waals surface area (Å²) < 4.78 is 13.6. The molecule has 0 fully saturated rings. The third-order valence-corrected chi connectivity index (χ3v) is 2.60. The molecular formula is C12H14BrFN2O2. The molecule has 1 aromatic rings. The number of carbonyl (C=O) groups is 2. The van der Waals surface area contributed by atoms with Gasteiger partial charge in [0, 0.05) is 30.0 Å². The predicted molar refractivity (Wildman–Crippen MR) is 69.7 cm³/mol. The Labute approximate surface area is 113 Å². The van der Waals surface area contributed by atoms with Gasteiger partial charge in [-0.1, -0.05) is 15.9 Å². The van der Waals surface area contributed by atoms with Gasteiger partial charge in [-0.25, -0.2) is 4.39 Å². The summed E-state index contributed by atoms with van der Waals surface area (Å²) in [7, 11) is 0. The minimum absolute atomic E-state index is 0.101. The van der Waals surface area contributed by atoms with Crippen LogP contribution < -0.4 is 10.6 Å². The molecule has 0 aromatic heterocycles. The van der Waals surface area contributed by atoms with Crippen molar-refractivity contribution in [1.82, 2.24) is 10.6 Å². The summed E-state index contributed by atoms with van der Waals surface area (Å²) in [5, 5.41) is 5.27. The average Bonchev–Trinajstić information content (AvgIpc) is 2.26. The predicted octanol–water partition coefficient (Wildman–Crippen LogP) is 1.84. The molecule has 6 heteroatoms. The lowest BCUT2D eigenvalue weighted by atomic mass is 10.2. The number of carbonyl (C=O) groups excluding carboxylic acids is 2. The smallest absolute Gasteiger partial charge is 0.251 e. The van der Waals surface area contributed by atoms with Crippen molar-refractivity contribution < 1.29 is 14.0 Å². The number of halogens is 2. The van der Waals surface area contributed by atoms with Crippen LogP contribution in [0.3, 0.4) is 0 Å². The Kier molecular flexibility index (Phi) is 5.77. The van der Waals surface area contributed by atoms with Crippen LogP contribution in [0.2, 0.25) is 0 Å². The van der Waals surface area contributed by atoms with Crippen LogP contribution in [0.1, 0.15) is 23.7 Å². The van der Waals surface area contributed by atoms with E-state index >= 15 is 0 Å². The number of rotatable bonds is 5. The van der Waals surface area contributed by atoms with Crippen molar-refractivity contribution in [3.8, 4) is 0 Å². The summed E-state index contributed by atoms with van der Waals surface area (Å²) in [6.07, 6.45) is 0.627. The zero-order valence-corrected chi connectivity index (χ0v) is 11.5. The van der Waals surface area contributed by atoms with Gasteiger partial charge in [0.25, 0.3) is 5.91 Å². The number of amides is 2. The van der Waals surface area contributed by atoms with E-state index in [4.69, 9.17) is 0 Å². The molecule has 0 aliphatic carbocycles. The van der Waals surface area contributed by atoms with E-state index in [0.717, 1.165) is 0 Å². The Hall–Kier alpha value is -1.43. The molecule has 0 aliphatic heterocycles. The van der Waals surface area contributed by atoms with E-state index in [1.54, 1.807) is 6.07 Å². The van der Waals surface area contributed by atoms with Crippen molar-refractivity contribution in [1.29, 1.82) is 0 Å². The fourth-order valence-electron chi connectivity index (χ4n) is 1.34. The highest BCUT2D eigenvalue weighted by Crippen LogP contribution is 2.14. The van der Waals surface area contributed by atoms with Gasteiger partial charge in [0.05, 0.1) is 0 Å². The average molecular weight is 317 g/mol. The van der Waals surface area contributed by atoms with Crippen LogP contribution in [0, 0.1) is 5.82 Å². The molecule has 0 radical (unpaired) electrons. The van der Waals surface area contributed by atoms with Gasteiger partial charge in [0.15, 0.2) is 0 Å². The normalized spacial score (nSPS) is 9.94. The molecule has 0 aliphatic rings. The molecule has 0 unspecified atom stereocenters. The SMILES string of the molecule is CC(=O)NCCCNC(=O)c1cc(F)cc(Br)c1. The van der Waals surface area contributed by atoms with Crippen molar-refractivity contribution in [2.75, 3.05) is 13.1 Å². The minimum atomic E-state index is -0.465. The molecular weight excluding hydrogens is 303 g/mol. The molecule has 4 nitrogen and oxygen atoms in total. The maximum Gasteiger partial charge on any atom is 0.251 e. The van der Waals surface area contributed by atoms with Crippen LogP contribution in [0.5, 0.6) is 0 Å². The lowest BCUT2D eigenvalue weighted by Crippen LogP contribution is -2.28. The molecule has 1 rings (SSSR count). The molecule has 18 heavy (non-hydrogen) atoms. The van der Waals surface area contributed by atoms with Crippen LogP contribution in [-0.4, -0.2) is 24.9 Å². The van der Waals surface area contributed by atoms with Crippen LogP contribution >= 0.6 is 15.9 Å². The van der Waals surface area contributed by atoms with E-state index in [1.807, 2.05) is 0 Å². The van der Waals surface area contributed by atoms with Crippen molar-refractivity contribution in [2.24, 2.45) is 0 Å². The summed E-state index contributed by atoms with van der Waals surface area (Å²) in [5.41, 5.74) is 0.265. The third-order valence-electron chi connectivity index (χ3n) is 2.14. The number of hydrogen-bond acceptors (Lipinski definition) is 2. The molecule has 0 atom stereocenters. The Morgan fingerprint density at radius 2 is 1.89 bits per heavy atom. The highest BCUT2D eigenvalue weighted by Gasteiger charge is 2.07. The molecule has 1 aromatic carbocycles. The van der Waals surface area contributed by atoms with Crippen LogP contribution in [0.25, 0.3) is 0 Å². The van der Waals surface area contributed by atoms with Crippen LogP contribution in [0.15, 0.2) is 22.7 Å². The topological polar surface area (TPSA) is 58.2 Å². The van der Waals surface area contributed by atoms with E-state index in [9.17, 15) is 14.0 Å². The summed E-state index contributed by atoms with van der Waals surface area (Å²) in [6, 6.07) is 4.01. The fraction of sp³-hybridized carbons (Fsp3) is 0.333. The number of benzene rings is 1. The van der Waals surface area contributed by atoms with Crippen molar-refractivity contribution in [3.63, 3.8) is 0 Å². The second-order valence-electron chi connectivity index (χ2n) is 3.75. The molecule has 2 N–H and O–H groups in total. The van der Waals surface area contributed by atoms with Crippen LogP contribution in [-0.2, 0) is 4.79 Å². The largest absolute Gasteiger partial charge is 0.356 e. The van der Waals surface area contributed by atoms with Gasteiger partial charge in [0.1, 0.15) is 5.82 Å². The highest BCUT2D eigenvalue weighted by molar-refractivity contribution is 9.10. The quantitative estimate of drug-likeness (QED) is 0.814. The fourth-order valence-corrected chi connectivity index (χ4v) is 1.81. The molecule has 98 valence electrons. The van der Waals surface area contributed by atoms with Gasteiger partial charge in [-0.05, 0) is 24.6 Å². The summed E-state index contributed by atoms with van der Waals surface area (Å²) in [5.74, 6) is -0.902. The van der Waals surface area contributed by atoms with Gasteiger partial charge in [0.2, 0.25) is 5.91 Å². The van der Waals surface area contributed by atoms with Crippen molar-refractivity contribution >= 4 is 27.7 Å². The lowest BCUT2D eigenvalue weighted by molar-refractivity contribution is -0.118. The van der Waals surface area contributed by atoms with E-state index in [1.165, 1.54) is 19.1 Å². The zero-order chi connectivity index (χ0) is 13.5. The molecule has 0 saturated heterocycles. The monoisotopic (exact) mass is 316 g/mol. The maximum atomic E-state index is 13.1. The lowest BCUT2D eigenvalue weighted by Gasteiger charge is -2.06. The molecule has 2 amide bonds. The van der Waals surface area contributed by atoms with Gasteiger partial charge in [-0.2, -0.15) is 0 Å². The summed E-state index contributed by atoms with van der Waals surface area (Å²) in [6.45, 7) is 2.36. The van der Waals surface area contributed by atoms with Gasteiger partial charge < -0.3 is 10.6 Å². The molecule has 0 saturated carbocycles. The van der Waals surface area contributed by atoms with Crippen LogP contribution in [0.4, 0.5) is 4.39 Å². The summed E-state index contributed by atoms with van der Waals surface area (Å²) in [4.78, 5) is 22.3. The Morgan fingerprint density at radius 1 is 1.22 bits per heavy atom. The Balaban J connectivity index is 2.38. The number of hydrogen-bond donors (Lipinski definition) is 2. The van der Waals surface area contributed by atoms with Gasteiger partial charge >= 0.3 is 0 Å². The maximum absolute atomic E-state index is 13.1. The summed E-state index contributed by atoms with van der Waals surface area (Å²) >= 11 is 3.12. The first-order valence-corrected chi connectivity index (χ1v) is 6.27. The van der Waals surface area contributed by atoms with E-state index < -0.39 is 5.82 Å². The minimum Gasteiger partial charge on any atom is -0.356 e. The van der Waals surface area contributed by atoms with Gasteiger partial charge in [-0.15, -0.1) is 0 Å². The highest BCUT2D eigenvalue weighted by atomic mass is 79.9. The first-order valence-electron chi connectivity index (χ1n) is 5.48. The first-order chi connectivity index (χ1) is 8.49. The second-order valence-corrected chi connectivity index (χ2v) is 4.67. The molecule has 0 heterocycles. The van der Waals surface area contributed by atoms with Gasteiger partial charge in [-0.3, -0.25) is 9.59 Å². The zero-order valence-electron chi connectivity index (χ0n) is 9.93. The Bertz CT molecular complexity index is 431. The third kappa shape index (κ3) is 5.27. The van der Waals surface area contributed by atoms with Crippen molar-refractivity contribution in [3.05, 3.63) is 34.1 Å². The Morgan fingerprint density at radius 3 is 2.50 bits per heavy atom. The van der Waals surface area contributed by atoms with E-state index in [-0.39, 0.29) is 17.4 Å². The number of nitrogens with one attached hydrogen (secondary N) is 2. The van der Waals surface area contributed by atoms with E-state index in [2.05, 4.69) is 26.6 Å². The van der Waals surface area contributed by atoms with Crippen molar-refractivity contribution in [2.45, 2.75) is 13.3 Å². The molecule has 0 spiro atoms. The van der Waals surface area contributed by atoms with E-state index in [0.29, 0.717) is 24.0 Å². The molecule has 0 bridgehead atoms.